The summed E-state index contributed by atoms with van der Waals surface area (Å²) in [5.41, 5.74) is 2.85. The first-order valence-corrected chi connectivity index (χ1v) is 7.67. The Labute approximate surface area is 125 Å². The number of aromatic nitrogens is 1. The molecule has 2 aromatic heterocycles. The molecule has 0 unspecified atom stereocenters. The van der Waals surface area contributed by atoms with Crippen LogP contribution in [-0.4, -0.2) is 33.6 Å². The summed E-state index contributed by atoms with van der Waals surface area (Å²) < 4.78 is 2.03. The number of aliphatic hydroxyl groups excluding tert-OH is 1. The van der Waals surface area contributed by atoms with E-state index in [-0.39, 0.29) is 6.61 Å². The van der Waals surface area contributed by atoms with E-state index in [2.05, 4.69) is 17.2 Å². The van der Waals surface area contributed by atoms with Crippen LogP contribution < -0.4 is 0 Å². The van der Waals surface area contributed by atoms with E-state index < -0.39 is 0 Å². The number of nitrogens with zero attached hydrogens (tertiary/aromatic N) is 3. The maximum Gasteiger partial charge on any atom is 0.102 e. The molecule has 0 atom stereocenters. The van der Waals surface area contributed by atoms with Crippen LogP contribution in [0.5, 0.6) is 0 Å². The average molecular weight is 283 g/mol. The molecule has 3 rings (SSSR count). The minimum atomic E-state index is 0.228. The molecule has 1 saturated carbocycles. The standard InChI is InChI=1S/C17H21N3O/c18-11-16-14(13-20-8-2-1-7-17(16)20)12-19(9-4-10-21)15-5-3-6-15/h1-2,7-8,13,15,21H,3-6,9-10,12H2. The quantitative estimate of drug-likeness (QED) is 0.886. The molecule has 0 aromatic carbocycles. The van der Waals surface area contributed by atoms with Crippen LogP contribution in [0.15, 0.2) is 30.6 Å². The van der Waals surface area contributed by atoms with Gasteiger partial charge in [0.1, 0.15) is 6.07 Å². The van der Waals surface area contributed by atoms with Gasteiger partial charge in [0.25, 0.3) is 0 Å². The summed E-state index contributed by atoms with van der Waals surface area (Å²) in [6.45, 7) is 1.93. The molecule has 1 N–H and O–H groups in total. The fraction of sp³-hybridized carbons (Fsp3) is 0.471. The molecular weight excluding hydrogens is 262 g/mol. The predicted octanol–water partition coefficient (Wildman–Crippen LogP) is 2.55. The van der Waals surface area contributed by atoms with Crippen LogP contribution in [0.2, 0.25) is 0 Å². The molecule has 1 aliphatic carbocycles. The monoisotopic (exact) mass is 283 g/mol. The van der Waals surface area contributed by atoms with Gasteiger partial charge >= 0.3 is 0 Å². The van der Waals surface area contributed by atoms with Crippen molar-refractivity contribution >= 4 is 5.52 Å². The van der Waals surface area contributed by atoms with Crippen LogP contribution >= 0.6 is 0 Å². The molecule has 110 valence electrons. The minimum absolute atomic E-state index is 0.228. The van der Waals surface area contributed by atoms with Gasteiger partial charge in [0.2, 0.25) is 0 Å². The Hall–Kier alpha value is -1.83. The van der Waals surface area contributed by atoms with Gasteiger partial charge in [-0.2, -0.15) is 5.26 Å². The number of nitriles is 1. The first-order valence-electron chi connectivity index (χ1n) is 7.67. The van der Waals surface area contributed by atoms with E-state index in [4.69, 9.17) is 5.11 Å². The minimum Gasteiger partial charge on any atom is -0.396 e. The molecule has 0 saturated heterocycles. The third-order valence-corrected chi connectivity index (χ3v) is 4.44. The van der Waals surface area contributed by atoms with Crippen LogP contribution in [0.4, 0.5) is 0 Å². The summed E-state index contributed by atoms with van der Waals surface area (Å²) in [5.74, 6) is 0. The molecule has 0 radical (unpaired) electrons. The Balaban J connectivity index is 1.86. The van der Waals surface area contributed by atoms with Crippen molar-refractivity contribution in [2.24, 2.45) is 0 Å². The summed E-state index contributed by atoms with van der Waals surface area (Å²) in [5, 5.41) is 18.6. The van der Waals surface area contributed by atoms with Crippen molar-refractivity contribution in [2.75, 3.05) is 13.2 Å². The Morgan fingerprint density at radius 2 is 2.24 bits per heavy atom. The number of fused-ring (bicyclic) bond motifs is 1. The predicted molar refractivity (Wildman–Crippen MR) is 81.9 cm³/mol. The van der Waals surface area contributed by atoms with Gasteiger partial charge in [0.05, 0.1) is 11.1 Å². The van der Waals surface area contributed by atoms with Crippen LogP contribution in [-0.2, 0) is 6.54 Å². The first kappa shape index (κ1) is 14.1. The van der Waals surface area contributed by atoms with Gasteiger partial charge in [-0.05, 0) is 31.4 Å². The Morgan fingerprint density at radius 3 is 2.90 bits per heavy atom. The van der Waals surface area contributed by atoms with E-state index in [1.165, 1.54) is 19.3 Å². The zero-order valence-electron chi connectivity index (χ0n) is 12.2. The van der Waals surface area contributed by atoms with E-state index in [9.17, 15) is 5.26 Å². The SMILES string of the molecule is N#Cc1c(CN(CCCO)C2CCC2)cn2ccccc12. The van der Waals surface area contributed by atoms with Gasteiger partial charge in [0, 0.05) is 43.7 Å². The fourth-order valence-electron chi connectivity index (χ4n) is 3.06. The maximum absolute atomic E-state index is 9.48. The lowest BCUT2D eigenvalue weighted by molar-refractivity contribution is 0.109. The van der Waals surface area contributed by atoms with Crippen molar-refractivity contribution in [1.29, 1.82) is 5.26 Å². The van der Waals surface area contributed by atoms with Gasteiger partial charge in [-0.25, -0.2) is 0 Å². The molecule has 0 amide bonds. The number of rotatable bonds is 6. The summed E-state index contributed by atoms with van der Waals surface area (Å²) in [6.07, 6.45) is 8.62. The molecular formula is C17H21N3O. The summed E-state index contributed by atoms with van der Waals surface area (Å²) in [6, 6.07) is 8.91. The molecule has 1 aliphatic rings. The zero-order chi connectivity index (χ0) is 14.7. The highest BCUT2D eigenvalue weighted by atomic mass is 16.3. The molecule has 1 fully saturated rings. The van der Waals surface area contributed by atoms with Crippen molar-refractivity contribution in [2.45, 2.75) is 38.3 Å². The van der Waals surface area contributed by atoms with Crippen molar-refractivity contribution in [3.8, 4) is 6.07 Å². The highest BCUT2D eigenvalue weighted by molar-refractivity contribution is 5.65. The smallest absolute Gasteiger partial charge is 0.102 e. The van der Waals surface area contributed by atoms with Crippen molar-refractivity contribution in [3.63, 3.8) is 0 Å². The van der Waals surface area contributed by atoms with E-state index >= 15 is 0 Å². The van der Waals surface area contributed by atoms with Gasteiger partial charge in [-0.15, -0.1) is 0 Å². The van der Waals surface area contributed by atoms with Gasteiger partial charge < -0.3 is 9.51 Å². The fourth-order valence-corrected chi connectivity index (χ4v) is 3.06. The molecule has 0 spiro atoms. The third kappa shape index (κ3) is 2.80. The van der Waals surface area contributed by atoms with Crippen LogP contribution in [0.1, 0.15) is 36.8 Å². The highest BCUT2D eigenvalue weighted by Crippen LogP contribution is 2.28. The average Bonchev–Trinajstić information content (AvgIpc) is 2.79. The highest BCUT2D eigenvalue weighted by Gasteiger charge is 2.25. The van der Waals surface area contributed by atoms with Gasteiger partial charge in [-0.1, -0.05) is 12.5 Å². The number of hydrogen-bond donors (Lipinski definition) is 1. The number of hydrogen-bond acceptors (Lipinski definition) is 3. The zero-order valence-corrected chi connectivity index (χ0v) is 12.2. The van der Waals surface area contributed by atoms with Gasteiger partial charge in [0.15, 0.2) is 0 Å². The maximum atomic E-state index is 9.48. The van der Waals surface area contributed by atoms with Crippen molar-refractivity contribution in [1.82, 2.24) is 9.30 Å². The molecule has 2 heterocycles. The van der Waals surface area contributed by atoms with Gasteiger partial charge in [-0.3, -0.25) is 4.90 Å². The van der Waals surface area contributed by atoms with Crippen LogP contribution in [0.25, 0.3) is 5.52 Å². The molecule has 0 aliphatic heterocycles. The van der Waals surface area contributed by atoms with E-state index in [1.54, 1.807) is 0 Å². The summed E-state index contributed by atoms with van der Waals surface area (Å²) in [7, 11) is 0. The lowest BCUT2D eigenvalue weighted by Gasteiger charge is -2.37. The topological polar surface area (TPSA) is 51.7 Å². The number of pyridine rings is 1. The Morgan fingerprint density at radius 1 is 1.38 bits per heavy atom. The first-order chi connectivity index (χ1) is 10.3. The summed E-state index contributed by atoms with van der Waals surface area (Å²) in [4.78, 5) is 2.43. The molecule has 21 heavy (non-hydrogen) atoms. The molecule has 4 heteroatoms. The number of aliphatic hydroxyl groups is 1. The second-order valence-electron chi connectivity index (χ2n) is 5.77. The second kappa shape index (κ2) is 6.30. The summed E-state index contributed by atoms with van der Waals surface area (Å²) >= 11 is 0. The van der Waals surface area contributed by atoms with E-state index in [0.29, 0.717) is 6.04 Å². The lowest BCUT2D eigenvalue weighted by Crippen LogP contribution is -2.40. The lowest BCUT2D eigenvalue weighted by atomic mass is 9.91. The Bertz CT molecular complexity index is 652. The van der Waals surface area contributed by atoms with E-state index in [0.717, 1.165) is 36.2 Å². The molecule has 2 aromatic rings. The van der Waals surface area contributed by atoms with Crippen LogP contribution in [0.3, 0.4) is 0 Å². The third-order valence-electron chi connectivity index (χ3n) is 4.44. The largest absolute Gasteiger partial charge is 0.396 e. The van der Waals surface area contributed by atoms with Crippen molar-refractivity contribution in [3.05, 3.63) is 41.7 Å². The second-order valence-corrected chi connectivity index (χ2v) is 5.77. The molecule has 0 bridgehead atoms. The van der Waals surface area contributed by atoms with Crippen molar-refractivity contribution < 1.29 is 5.11 Å². The normalized spacial score (nSPS) is 15.3. The molecule has 4 nitrogen and oxygen atoms in total. The van der Waals surface area contributed by atoms with E-state index in [1.807, 2.05) is 28.8 Å². The van der Waals surface area contributed by atoms with Crippen LogP contribution in [0, 0.1) is 11.3 Å². The Kier molecular flexibility index (Phi) is 4.23.